The van der Waals surface area contributed by atoms with Crippen LogP contribution in [0.25, 0.3) is 11.1 Å². The number of nitrogens with two attached hydrogens (primary N) is 1. The Morgan fingerprint density at radius 1 is 1.25 bits per heavy atom. The second kappa shape index (κ2) is 4.89. The minimum absolute atomic E-state index is 0.437. The predicted octanol–water partition coefficient (Wildman–Crippen LogP) is 2.94. The zero-order valence-corrected chi connectivity index (χ0v) is 11.9. The number of anilines is 2. The van der Waals surface area contributed by atoms with Crippen molar-refractivity contribution in [3.63, 3.8) is 0 Å². The molecule has 4 N–H and O–H groups in total. The van der Waals surface area contributed by atoms with Crippen LogP contribution in [-0.2, 0) is 0 Å². The molecule has 0 amide bonds. The summed E-state index contributed by atoms with van der Waals surface area (Å²) in [5.41, 5.74) is 8.72. The largest absolute Gasteiger partial charge is 0.417 e. The number of aromatic nitrogens is 1. The number of rotatable bonds is 2. The molecule has 1 heterocycles. The molecule has 2 atom stereocenters. The first-order chi connectivity index (χ1) is 9.51. The van der Waals surface area contributed by atoms with Crippen LogP contribution in [0.15, 0.2) is 21.3 Å². The molecule has 0 aliphatic heterocycles. The van der Waals surface area contributed by atoms with Crippen LogP contribution in [0.2, 0.25) is 0 Å². The van der Waals surface area contributed by atoms with Gasteiger partial charge in [0.1, 0.15) is 0 Å². The van der Waals surface area contributed by atoms with E-state index in [0.29, 0.717) is 22.8 Å². The van der Waals surface area contributed by atoms with Crippen molar-refractivity contribution in [2.45, 2.75) is 39.2 Å². The quantitative estimate of drug-likeness (QED) is 0.736. The molecule has 1 aliphatic carbocycles. The molecule has 0 radical (unpaired) electrons. The van der Waals surface area contributed by atoms with E-state index in [0.717, 1.165) is 30.4 Å². The van der Waals surface area contributed by atoms with Crippen molar-refractivity contribution in [1.82, 2.24) is 4.98 Å². The van der Waals surface area contributed by atoms with Gasteiger partial charge in [-0.15, -0.1) is 0 Å². The number of nitrogens with one attached hydrogen (secondary N) is 2. The Kier molecular flexibility index (Phi) is 3.20. The monoisotopic (exact) mass is 275 g/mol. The van der Waals surface area contributed by atoms with Crippen molar-refractivity contribution in [2.75, 3.05) is 11.1 Å². The highest BCUT2D eigenvalue weighted by Crippen LogP contribution is 2.32. The number of fused-ring (bicyclic) bond motifs is 1. The van der Waals surface area contributed by atoms with Gasteiger partial charge in [0.15, 0.2) is 5.58 Å². The van der Waals surface area contributed by atoms with E-state index >= 15 is 0 Å². The molecular formula is C15H21N3O2. The molecule has 2 aromatic rings. The SMILES string of the molecule is CC1CC(C)CC(Nc2cc3[nH]c(=O)oc3cc2N)C1. The minimum atomic E-state index is -0.448. The van der Waals surface area contributed by atoms with Gasteiger partial charge in [-0.05, 0) is 37.2 Å². The molecule has 1 aromatic carbocycles. The second-order valence-electron chi connectivity index (χ2n) is 6.21. The van der Waals surface area contributed by atoms with Crippen LogP contribution >= 0.6 is 0 Å². The Balaban J connectivity index is 1.86. The summed E-state index contributed by atoms with van der Waals surface area (Å²) in [6.07, 6.45) is 3.61. The number of oxazole rings is 1. The van der Waals surface area contributed by atoms with Crippen molar-refractivity contribution >= 4 is 22.5 Å². The lowest BCUT2D eigenvalue weighted by atomic mass is 9.80. The first-order valence-corrected chi connectivity index (χ1v) is 7.20. The highest BCUT2D eigenvalue weighted by atomic mass is 16.4. The van der Waals surface area contributed by atoms with Gasteiger partial charge in [0.05, 0.1) is 16.9 Å². The van der Waals surface area contributed by atoms with Gasteiger partial charge in [0, 0.05) is 12.1 Å². The highest BCUT2D eigenvalue weighted by Gasteiger charge is 2.24. The maximum atomic E-state index is 11.2. The van der Waals surface area contributed by atoms with E-state index in [1.54, 1.807) is 6.07 Å². The summed E-state index contributed by atoms with van der Waals surface area (Å²) in [6.45, 7) is 4.59. The summed E-state index contributed by atoms with van der Waals surface area (Å²) in [7, 11) is 0. The average Bonchev–Trinajstić information content (AvgIpc) is 2.67. The Hall–Kier alpha value is -1.91. The van der Waals surface area contributed by atoms with Crippen LogP contribution in [0, 0.1) is 11.8 Å². The molecular weight excluding hydrogens is 254 g/mol. The van der Waals surface area contributed by atoms with Crippen LogP contribution < -0.4 is 16.8 Å². The summed E-state index contributed by atoms with van der Waals surface area (Å²) in [6, 6.07) is 4.00. The normalized spacial score (nSPS) is 26.8. The maximum Gasteiger partial charge on any atom is 0.417 e. The van der Waals surface area contributed by atoms with Gasteiger partial charge in [0.2, 0.25) is 0 Å². The zero-order chi connectivity index (χ0) is 14.3. The molecule has 3 rings (SSSR count). The lowest BCUT2D eigenvalue weighted by molar-refractivity contribution is 0.281. The molecule has 2 unspecified atom stereocenters. The van der Waals surface area contributed by atoms with E-state index in [4.69, 9.17) is 10.2 Å². The van der Waals surface area contributed by atoms with Crippen molar-refractivity contribution in [1.29, 1.82) is 0 Å². The number of nitrogen functional groups attached to an aromatic ring is 1. The standard InChI is InChI=1S/C15H21N3O2/c1-8-3-9(2)5-10(4-8)17-12-7-13-14(6-11(12)16)20-15(19)18-13/h6-10,17H,3-5,16H2,1-2H3,(H,18,19). The fraction of sp³-hybridized carbons (Fsp3) is 0.533. The van der Waals surface area contributed by atoms with Gasteiger partial charge < -0.3 is 15.5 Å². The van der Waals surface area contributed by atoms with Gasteiger partial charge in [0.25, 0.3) is 0 Å². The third kappa shape index (κ3) is 2.53. The molecule has 1 aromatic heterocycles. The average molecular weight is 275 g/mol. The van der Waals surface area contributed by atoms with E-state index < -0.39 is 5.76 Å². The van der Waals surface area contributed by atoms with Gasteiger partial charge >= 0.3 is 5.76 Å². The van der Waals surface area contributed by atoms with Crippen molar-refractivity contribution in [2.24, 2.45) is 11.8 Å². The molecule has 20 heavy (non-hydrogen) atoms. The van der Waals surface area contributed by atoms with E-state index in [1.165, 1.54) is 6.42 Å². The predicted molar refractivity (Wildman–Crippen MR) is 80.8 cm³/mol. The third-order valence-electron chi connectivity index (χ3n) is 4.13. The molecule has 108 valence electrons. The summed E-state index contributed by atoms with van der Waals surface area (Å²) < 4.78 is 5.01. The van der Waals surface area contributed by atoms with Crippen LogP contribution in [-0.4, -0.2) is 11.0 Å². The van der Waals surface area contributed by atoms with Crippen LogP contribution in [0.5, 0.6) is 0 Å². The number of H-pyrrole nitrogens is 1. The zero-order valence-electron chi connectivity index (χ0n) is 11.9. The second-order valence-corrected chi connectivity index (χ2v) is 6.21. The summed E-state index contributed by atoms with van der Waals surface area (Å²) in [5, 5.41) is 3.52. The first-order valence-electron chi connectivity index (χ1n) is 7.20. The first kappa shape index (κ1) is 13.1. The summed E-state index contributed by atoms with van der Waals surface area (Å²) in [5.74, 6) is 1.02. The number of hydrogen-bond acceptors (Lipinski definition) is 4. The number of hydrogen-bond donors (Lipinski definition) is 3. The summed E-state index contributed by atoms with van der Waals surface area (Å²) in [4.78, 5) is 13.9. The fourth-order valence-electron chi connectivity index (χ4n) is 3.42. The number of aromatic amines is 1. The molecule has 5 heteroatoms. The van der Waals surface area contributed by atoms with Gasteiger partial charge in [-0.3, -0.25) is 4.98 Å². The van der Waals surface area contributed by atoms with Crippen molar-refractivity contribution < 1.29 is 4.42 Å². The van der Waals surface area contributed by atoms with Gasteiger partial charge in [-0.25, -0.2) is 4.79 Å². The smallest absolute Gasteiger partial charge is 0.408 e. The maximum absolute atomic E-state index is 11.2. The van der Waals surface area contributed by atoms with Crippen LogP contribution in [0.4, 0.5) is 11.4 Å². The molecule has 0 bridgehead atoms. The Morgan fingerprint density at radius 3 is 2.65 bits per heavy atom. The Morgan fingerprint density at radius 2 is 1.95 bits per heavy atom. The fourth-order valence-corrected chi connectivity index (χ4v) is 3.42. The minimum Gasteiger partial charge on any atom is -0.408 e. The van der Waals surface area contributed by atoms with Crippen molar-refractivity contribution in [3.8, 4) is 0 Å². The molecule has 1 aliphatic rings. The van der Waals surface area contributed by atoms with Gasteiger partial charge in [-0.1, -0.05) is 13.8 Å². The van der Waals surface area contributed by atoms with E-state index in [9.17, 15) is 4.79 Å². The molecule has 5 nitrogen and oxygen atoms in total. The lowest BCUT2D eigenvalue weighted by Gasteiger charge is -2.32. The van der Waals surface area contributed by atoms with Crippen LogP contribution in [0.1, 0.15) is 33.1 Å². The Bertz CT molecular complexity index is 663. The Labute approximate surface area is 117 Å². The van der Waals surface area contributed by atoms with Gasteiger partial charge in [-0.2, -0.15) is 0 Å². The van der Waals surface area contributed by atoms with E-state index in [-0.39, 0.29) is 0 Å². The number of benzene rings is 1. The van der Waals surface area contributed by atoms with E-state index in [2.05, 4.69) is 24.1 Å². The lowest BCUT2D eigenvalue weighted by Crippen LogP contribution is -2.30. The molecule has 1 fully saturated rings. The van der Waals surface area contributed by atoms with Crippen LogP contribution in [0.3, 0.4) is 0 Å². The topological polar surface area (TPSA) is 84.0 Å². The molecule has 0 saturated heterocycles. The molecule has 1 saturated carbocycles. The third-order valence-corrected chi connectivity index (χ3v) is 4.13. The van der Waals surface area contributed by atoms with Crippen molar-refractivity contribution in [3.05, 3.63) is 22.7 Å². The highest BCUT2D eigenvalue weighted by molar-refractivity contribution is 5.85. The van der Waals surface area contributed by atoms with E-state index in [1.807, 2.05) is 6.07 Å². The molecule has 0 spiro atoms. The summed E-state index contributed by atoms with van der Waals surface area (Å²) >= 11 is 0.